The van der Waals surface area contributed by atoms with E-state index in [9.17, 15) is 9.59 Å². The van der Waals surface area contributed by atoms with Gasteiger partial charge in [-0.15, -0.1) is 0 Å². The van der Waals surface area contributed by atoms with Gasteiger partial charge < -0.3 is 30.7 Å². The van der Waals surface area contributed by atoms with Gasteiger partial charge in [-0.05, 0) is 54.1 Å². The Kier molecular flexibility index (Phi) is 7.62. The number of nitrogens with zero attached hydrogens (tertiary/aromatic N) is 1. The van der Waals surface area contributed by atoms with Crippen molar-refractivity contribution in [1.82, 2.24) is 5.32 Å². The van der Waals surface area contributed by atoms with Gasteiger partial charge in [0.1, 0.15) is 11.5 Å². The molecule has 0 saturated carbocycles. The smallest absolute Gasteiger partial charge is 0.312 e. The molecule has 176 valence electrons. The fourth-order valence-corrected chi connectivity index (χ4v) is 3.82. The van der Waals surface area contributed by atoms with Gasteiger partial charge in [0.2, 0.25) is 5.91 Å². The molecule has 8 nitrogen and oxygen atoms in total. The van der Waals surface area contributed by atoms with Crippen LogP contribution in [-0.2, 0) is 9.53 Å². The van der Waals surface area contributed by atoms with Crippen molar-refractivity contribution in [3.05, 3.63) is 84.4 Å². The number of amides is 3. The number of morpholine rings is 1. The minimum Gasteiger partial charge on any atom is -0.457 e. The Hall–Kier alpha value is -4.04. The highest BCUT2D eigenvalue weighted by molar-refractivity contribution is 5.91. The Morgan fingerprint density at radius 3 is 2.35 bits per heavy atom. The number of hydrogen-bond donors (Lipinski definition) is 3. The summed E-state index contributed by atoms with van der Waals surface area (Å²) >= 11 is 0. The van der Waals surface area contributed by atoms with Crippen molar-refractivity contribution in [2.45, 2.75) is 12.5 Å². The number of nitrogens with two attached hydrogens (primary N) is 1. The fourth-order valence-electron chi connectivity index (χ4n) is 3.82. The summed E-state index contributed by atoms with van der Waals surface area (Å²) in [6.07, 6.45) is 0.0168. The molecule has 0 aromatic heterocycles. The molecule has 1 aliphatic heterocycles. The lowest BCUT2D eigenvalue weighted by Gasteiger charge is -2.28. The molecule has 0 spiro atoms. The molecule has 1 saturated heterocycles. The van der Waals surface area contributed by atoms with E-state index >= 15 is 0 Å². The predicted molar refractivity (Wildman–Crippen MR) is 131 cm³/mol. The highest BCUT2D eigenvalue weighted by Gasteiger charge is 2.19. The number of benzene rings is 3. The summed E-state index contributed by atoms with van der Waals surface area (Å²) in [6.45, 7) is 3.12. The largest absolute Gasteiger partial charge is 0.457 e. The van der Waals surface area contributed by atoms with E-state index in [1.807, 2.05) is 72.8 Å². The summed E-state index contributed by atoms with van der Waals surface area (Å²) in [7, 11) is 0. The molecule has 34 heavy (non-hydrogen) atoms. The first-order valence-corrected chi connectivity index (χ1v) is 11.2. The zero-order chi connectivity index (χ0) is 23.8. The zero-order valence-electron chi connectivity index (χ0n) is 18.8. The molecule has 1 aliphatic rings. The summed E-state index contributed by atoms with van der Waals surface area (Å²) in [6, 6.07) is 23.0. The number of hydrogen-bond acceptors (Lipinski definition) is 5. The highest BCUT2D eigenvalue weighted by Crippen LogP contribution is 2.26. The zero-order valence-corrected chi connectivity index (χ0v) is 18.8. The van der Waals surface area contributed by atoms with Crippen LogP contribution in [0.5, 0.6) is 11.5 Å². The van der Waals surface area contributed by atoms with E-state index in [2.05, 4.69) is 15.5 Å². The van der Waals surface area contributed by atoms with Crippen LogP contribution in [0.15, 0.2) is 78.9 Å². The predicted octanol–water partition coefficient (Wildman–Crippen LogP) is 4.05. The lowest BCUT2D eigenvalue weighted by molar-refractivity contribution is -0.116. The Bertz CT molecular complexity index is 1100. The van der Waals surface area contributed by atoms with Crippen LogP contribution < -0.4 is 26.0 Å². The average molecular weight is 461 g/mol. The minimum atomic E-state index is -0.706. The van der Waals surface area contributed by atoms with Gasteiger partial charge >= 0.3 is 6.03 Å². The fraction of sp³-hybridized carbons (Fsp3) is 0.231. The molecule has 8 heteroatoms. The van der Waals surface area contributed by atoms with Crippen molar-refractivity contribution >= 4 is 23.3 Å². The highest BCUT2D eigenvalue weighted by atomic mass is 16.5. The summed E-state index contributed by atoms with van der Waals surface area (Å²) in [5, 5.41) is 5.55. The number of primary amides is 1. The number of urea groups is 1. The van der Waals surface area contributed by atoms with Crippen molar-refractivity contribution in [2.24, 2.45) is 5.73 Å². The Balaban J connectivity index is 1.41. The van der Waals surface area contributed by atoms with Gasteiger partial charge in [-0.1, -0.05) is 30.3 Å². The molecule has 0 unspecified atom stereocenters. The van der Waals surface area contributed by atoms with Crippen LogP contribution in [0.25, 0.3) is 0 Å². The van der Waals surface area contributed by atoms with E-state index in [-0.39, 0.29) is 12.3 Å². The molecular weight excluding hydrogens is 432 g/mol. The molecule has 1 atom stereocenters. The second-order valence-corrected chi connectivity index (χ2v) is 7.95. The molecule has 3 amide bonds. The van der Waals surface area contributed by atoms with Crippen molar-refractivity contribution in [2.75, 3.05) is 36.5 Å². The number of rotatable bonds is 8. The van der Waals surface area contributed by atoms with Crippen molar-refractivity contribution in [3.63, 3.8) is 0 Å². The van der Waals surface area contributed by atoms with Crippen LogP contribution >= 0.6 is 0 Å². The van der Waals surface area contributed by atoms with Crippen LogP contribution in [0.1, 0.15) is 18.0 Å². The van der Waals surface area contributed by atoms with Crippen LogP contribution in [0.3, 0.4) is 0 Å². The van der Waals surface area contributed by atoms with Crippen LogP contribution in [0.4, 0.5) is 16.2 Å². The molecular formula is C26H28N4O4. The lowest BCUT2D eigenvalue weighted by Crippen LogP contribution is -2.36. The third kappa shape index (κ3) is 6.49. The summed E-state index contributed by atoms with van der Waals surface area (Å²) < 4.78 is 11.3. The molecule has 4 N–H and O–H groups in total. The molecule has 4 rings (SSSR count). The average Bonchev–Trinajstić information content (AvgIpc) is 2.85. The molecule has 1 fully saturated rings. The monoisotopic (exact) mass is 460 g/mol. The second kappa shape index (κ2) is 11.2. The van der Waals surface area contributed by atoms with E-state index < -0.39 is 12.1 Å². The number of carbonyl (C=O) groups excluding carboxylic acids is 2. The van der Waals surface area contributed by atoms with Crippen molar-refractivity contribution in [3.8, 4) is 11.5 Å². The van der Waals surface area contributed by atoms with Gasteiger partial charge in [-0.2, -0.15) is 0 Å². The summed E-state index contributed by atoms with van der Waals surface area (Å²) in [4.78, 5) is 26.6. The molecule has 0 aliphatic carbocycles. The topological polar surface area (TPSA) is 106 Å². The molecule has 3 aromatic carbocycles. The van der Waals surface area contributed by atoms with Crippen LogP contribution in [0, 0.1) is 0 Å². The Morgan fingerprint density at radius 1 is 0.941 bits per heavy atom. The minimum absolute atomic E-state index is 0.0168. The maximum atomic E-state index is 12.8. The van der Waals surface area contributed by atoms with Gasteiger partial charge in [0.25, 0.3) is 0 Å². The Labute approximate surface area is 198 Å². The maximum Gasteiger partial charge on any atom is 0.312 e. The first kappa shape index (κ1) is 23.1. The first-order valence-electron chi connectivity index (χ1n) is 11.2. The number of anilines is 2. The normalized spacial score (nSPS) is 14.2. The Morgan fingerprint density at radius 2 is 1.65 bits per heavy atom. The van der Waals surface area contributed by atoms with E-state index in [1.54, 1.807) is 6.07 Å². The summed E-state index contributed by atoms with van der Waals surface area (Å²) in [5.41, 5.74) is 7.86. The third-order valence-corrected chi connectivity index (χ3v) is 5.47. The standard InChI is InChI=1S/C26H28N4O4/c27-26(32)29-24(19-5-4-8-23(17-19)34-22-6-2-1-3-7-22)18-25(31)28-20-9-11-21(12-10-20)30-13-15-33-16-14-30/h1-12,17,24H,13-16,18H2,(H,28,31)(H3,27,29,32)/t24-/m1/s1. The maximum absolute atomic E-state index is 12.8. The van der Waals surface area contributed by atoms with Crippen molar-refractivity contribution < 1.29 is 19.1 Å². The third-order valence-electron chi connectivity index (χ3n) is 5.47. The van der Waals surface area contributed by atoms with E-state index in [1.165, 1.54) is 0 Å². The van der Waals surface area contributed by atoms with Gasteiger partial charge in [0, 0.05) is 24.5 Å². The SMILES string of the molecule is NC(=O)N[C@H](CC(=O)Nc1ccc(N2CCOCC2)cc1)c1cccc(Oc2ccccc2)c1. The van der Waals surface area contributed by atoms with E-state index in [4.69, 9.17) is 15.2 Å². The first-order chi connectivity index (χ1) is 16.6. The second-order valence-electron chi connectivity index (χ2n) is 7.95. The molecule has 1 heterocycles. The summed E-state index contributed by atoms with van der Waals surface area (Å²) in [5.74, 6) is 1.05. The van der Waals surface area contributed by atoms with E-state index in [0.29, 0.717) is 36.0 Å². The lowest BCUT2D eigenvalue weighted by atomic mass is 10.0. The number of ether oxygens (including phenoxy) is 2. The van der Waals surface area contributed by atoms with Gasteiger partial charge in [-0.25, -0.2) is 4.79 Å². The number of nitrogens with one attached hydrogen (secondary N) is 2. The van der Waals surface area contributed by atoms with Gasteiger partial charge in [0.15, 0.2) is 0 Å². The van der Waals surface area contributed by atoms with Crippen LogP contribution in [-0.4, -0.2) is 38.2 Å². The number of carbonyl (C=O) groups is 2. The van der Waals surface area contributed by atoms with Gasteiger partial charge in [-0.3, -0.25) is 4.79 Å². The van der Waals surface area contributed by atoms with E-state index in [0.717, 1.165) is 18.8 Å². The molecule has 0 radical (unpaired) electrons. The molecule has 0 bridgehead atoms. The van der Waals surface area contributed by atoms with Gasteiger partial charge in [0.05, 0.1) is 25.7 Å². The quantitative estimate of drug-likeness (QED) is 0.470. The van der Waals surface area contributed by atoms with Crippen LogP contribution in [0.2, 0.25) is 0 Å². The number of para-hydroxylation sites is 1. The molecule has 3 aromatic rings. The van der Waals surface area contributed by atoms with Crippen molar-refractivity contribution in [1.29, 1.82) is 0 Å².